The number of halogens is 1. The Morgan fingerprint density at radius 3 is 2.59 bits per heavy atom. The van der Waals surface area contributed by atoms with E-state index in [9.17, 15) is 13.2 Å². The fourth-order valence-corrected chi connectivity index (χ4v) is 4.82. The number of carbonyl (C=O) groups excluding carboxylic acids is 1. The maximum Gasteiger partial charge on any atom is 0.269 e. The van der Waals surface area contributed by atoms with E-state index in [-0.39, 0.29) is 10.4 Å². The second-order valence-corrected chi connectivity index (χ2v) is 9.06. The topological polar surface area (TPSA) is 68.5 Å². The maximum absolute atomic E-state index is 13.4. The molecule has 27 heavy (non-hydrogen) atoms. The van der Waals surface area contributed by atoms with Crippen LogP contribution in [0.1, 0.15) is 17.3 Å². The SMILES string of the molecule is CC1(Cl)C=CN=c2c(c3cc(C=O)ccc3n2S(=O)(=O)c2ccccc2)=C1. The molecule has 0 radical (unpaired) electrons. The van der Waals surface area contributed by atoms with E-state index < -0.39 is 14.9 Å². The molecule has 1 unspecified atom stereocenters. The Bertz CT molecular complexity index is 1320. The van der Waals surface area contributed by atoms with Crippen LogP contribution in [0.3, 0.4) is 0 Å². The molecule has 0 aliphatic carbocycles. The van der Waals surface area contributed by atoms with Gasteiger partial charge in [0.15, 0.2) is 5.49 Å². The van der Waals surface area contributed by atoms with Gasteiger partial charge in [-0.3, -0.25) is 4.79 Å². The summed E-state index contributed by atoms with van der Waals surface area (Å²) in [5.74, 6) is 0. The van der Waals surface area contributed by atoms with E-state index in [0.29, 0.717) is 21.7 Å². The molecule has 1 aliphatic heterocycles. The minimum absolute atomic E-state index is 0.154. The van der Waals surface area contributed by atoms with Gasteiger partial charge in [-0.1, -0.05) is 18.2 Å². The van der Waals surface area contributed by atoms with E-state index in [2.05, 4.69) is 4.99 Å². The van der Waals surface area contributed by atoms with Gasteiger partial charge < -0.3 is 0 Å². The second-order valence-electron chi connectivity index (χ2n) is 6.45. The van der Waals surface area contributed by atoms with Gasteiger partial charge in [0.25, 0.3) is 10.0 Å². The Morgan fingerprint density at radius 1 is 1.15 bits per heavy atom. The van der Waals surface area contributed by atoms with E-state index in [1.165, 1.54) is 22.3 Å². The third-order valence-corrected chi connectivity index (χ3v) is 6.36. The molecule has 0 N–H and O–H groups in total. The number of hydrogen-bond acceptors (Lipinski definition) is 4. The van der Waals surface area contributed by atoms with Crippen molar-refractivity contribution in [2.45, 2.75) is 16.7 Å². The van der Waals surface area contributed by atoms with Gasteiger partial charge in [-0.2, -0.15) is 0 Å². The van der Waals surface area contributed by atoms with E-state index in [4.69, 9.17) is 11.6 Å². The Labute approximate surface area is 161 Å². The van der Waals surface area contributed by atoms with E-state index in [1.807, 2.05) is 0 Å². The molecule has 2 heterocycles. The van der Waals surface area contributed by atoms with Crippen molar-refractivity contribution in [3.05, 3.63) is 77.1 Å². The number of aldehydes is 1. The zero-order chi connectivity index (χ0) is 19.2. The quantitative estimate of drug-likeness (QED) is 0.503. The lowest BCUT2D eigenvalue weighted by atomic mass is 10.1. The summed E-state index contributed by atoms with van der Waals surface area (Å²) in [5, 5.41) is 1.18. The highest BCUT2D eigenvalue weighted by atomic mass is 35.5. The van der Waals surface area contributed by atoms with Crippen LogP contribution in [0.2, 0.25) is 0 Å². The Balaban J connectivity index is 2.21. The van der Waals surface area contributed by atoms with E-state index >= 15 is 0 Å². The first-order valence-electron chi connectivity index (χ1n) is 8.21. The van der Waals surface area contributed by atoms with Crippen LogP contribution in [0.25, 0.3) is 17.0 Å². The van der Waals surface area contributed by atoms with E-state index in [0.717, 1.165) is 6.29 Å². The summed E-state index contributed by atoms with van der Waals surface area (Å²) in [6.07, 6.45) is 5.67. The van der Waals surface area contributed by atoms with Gasteiger partial charge >= 0.3 is 0 Å². The van der Waals surface area contributed by atoms with Crippen LogP contribution in [0.4, 0.5) is 0 Å². The van der Waals surface area contributed by atoms with Gasteiger partial charge in [0, 0.05) is 22.4 Å². The molecular weight excluding hydrogens is 384 g/mol. The summed E-state index contributed by atoms with van der Waals surface area (Å²) in [6, 6.07) is 13.0. The molecule has 4 rings (SSSR count). The fourth-order valence-electron chi connectivity index (χ4n) is 3.15. The van der Waals surface area contributed by atoms with Crippen molar-refractivity contribution in [3.63, 3.8) is 0 Å². The third kappa shape index (κ3) is 2.91. The maximum atomic E-state index is 13.4. The van der Waals surface area contributed by atoms with Crippen molar-refractivity contribution in [1.82, 2.24) is 3.97 Å². The first-order valence-corrected chi connectivity index (χ1v) is 10.0. The van der Waals surface area contributed by atoms with Crippen LogP contribution in [-0.4, -0.2) is 23.6 Å². The van der Waals surface area contributed by atoms with Crippen LogP contribution in [0, 0.1) is 0 Å². The van der Waals surface area contributed by atoms with Gasteiger partial charge in [-0.15, -0.1) is 11.6 Å². The molecule has 1 aromatic heterocycles. The lowest BCUT2D eigenvalue weighted by molar-refractivity contribution is 0.112. The monoisotopic (exact) mass is 398 g/mol. The molecular formula is C20H15ClN2O3S. The molecule has 1 atom stereocenters. The standard InChI is InChI=1S/C20H15ClN2O3S/c1-20(21)9-10-22-19-17(12-20)16-11-14(13-24)7-8-18(16)23(19)27(25,26)15-5-3-2-4-6-15/h2-13H,1H3. The molecule has 0 spiro atoms. The van der Waals surface area contributed by atoms with Gasteiger partial charge in [-0.05, 0) is 49.4 Å². The molecule has 5 nitrogen and oxygen atoms in total. The van der Waals surface area contributed by atoms with Crippen molar-refractivity contribution in [2.24, 2.45) is 4.99 Å². The predicted molar refractivity (Wildman–Crippen MR) is 105 cm³/mol. The summed E-state index contributed by atoms with van der Waals surface area (Å²) < 4.78 is 28.0. The summed E-state index contributed by atoms with van der Waals surface area (Å²) in [5.41, 5.74) is 1.15. The van der Waals surface area contributed by atoms with Crippen LogP contribution >= 0.6 is 11.6 Å². The summed E-state index contributed by atoms with van der Waals surface area (Å²) in [6.45, 7) is 1.79. The molecule has 136 valence electrons. The van der Waals surface area contributed by atoms with Crippen molar-refractivity contribution in [3.8, 4) is 0 Å². The first kappa shape index (κ1) is 17.7. The molecule has 3 aromatic rings. The van der Waals surface area contributed by atoms with E-state index in [1.54, 1.807) is 55.5 Å². The average molecular weight is 399 g/mol. The zero-order valence-corrected chi connectivity index (χ0v) is 15.9. The zero-order valence-electron chi connectivity index (χ0n) is 14.3. The molecule has 1 aliphatic rings. The number of carbonyl (C=O) groups is 1. The number of hydrogen-bond donors (Lipinski definition) is 0. The van der Waals surface area contributed by atoms with Gasteiger partial charge in [0.1, 0.15) is 6.29 Å². The lowest BCUT2D eigenvalue weighted by Crippen LogP contribution is -2.34. The Morgan fingerprint density at radius 2 is 1.89 bits per heavy atom. The first-order chi connectivity index (χ1) is 12.8. The average Bonchev–Trinajstić information content (AvgIpc) is 2.85. The van der Waals surface area contributed by atoms with Crippen LogP contribution in [-0.2, 0) is 10.0 Å². The third-order valence-electron chi connectivity index (χ3n) is 4.40. The number of benzene rings is 2. The number of rotatable bonds is 3. The van der Waals surface area contributed by atoms with Crippen LogP contribution in [0.5, 0.6) is 0 Å². The molecule has 0 amide bonds. The summed E-state index contributed by atoms with van der Waals surface area (Å²) >= 11 is 6.49. The largest absolute Gasteiger partial charge is 0.298 e. The molecule has 2 aromatic carbocycles. The van der Waals surface area contributed by atoms with Crippen LogP contribution in [0.15, 0.2) is 70.7 Å². The number of aromatic nitrogens is 1. The normalized spacial score (nSPS) is 19.0. The fraction of sp³-hybridized carbons (Fsp3) is 0.100. The molecule has 0 fully saturated rings. The van der Waals surface area contributed by atoms with Crippen molar-refractivity contribution < 1.29 is 13.2 Å². The number of nitrogens with zero attached hydrogens (tertiary/aromatic N) is 2. The Hall–Kier alpha value is -2.70. The van der Waals surface area contributed by atoms with Gasteiger partial charge in [0.05, 0.1) is 15.3 Å². The number of alkyl halides is 1. The van der Waals surface area contributed by atoms with Gasteiger partial charge in [-0.25, -0.2) is 17.4 Å². The summed E-state index contributed by atoms with van der Waals surface area (Å²) in [7, 11) is -3.90. The summed E-state index contributed by atoms with van der Waals surface area (Å²) in [4.78, 5) is 14.9. The highest BCUT2D eigenvalue weighted by Gasteiger charge is 2.25. The molecule has 0 bridgehead atoms. The lowest BCUT2D eigenvalue weighted by Gasteiger charge is -2.09. The van der Waals surface area contributed by atoms with Crippen molar-refractivity contribution in [2.75, 3.05) is 0 Å². The second kappa shape index (κ2) is 6.18. The predicted octanol–water partition coefficient (Wildman–Crippen LogP) is 2.62. The number of allylic oxidation sites excluding steroid dienone is 1. The van der Waals surface area contributed by atoms with Gasteiger partial charge in [0.2, 0.25) is 0 Å². The molecule has 0 saturated heterocycles. The number of fused-ring (bicyclic) bond motifs is 3. The smallest absolute Gasteiger partial charge is 0.269 e. The highest BCUT2D eigenvalue weighted by Crippen LogP contribution is 2.22. The Kier molecular flexibility index (Phi) is 4.05. The van der Waals surface area contributed by atoms with Crippen molar-refractivity contribution in [1.29, 1.82) is 0 Å². The molecule has 0 saturated carbocycles. The molecule has 7 heteroatoms. The minimum atomic E-state index is -3.90. The minimum Gasteiger partial charge on any atom is -0.298 e. The van der Waals surface area contributed by atoms with Crippen LogP contribution < -0.4 is 10.7 Å². The highest BCUT2D eigenvalue weighted by molar-refractivity contribution is 7.90. The van der Waals surface area contributed by atoms with Crippen molar-refractivity contribution >= 4 is 44.9 Å².